The van der Waals surface area contributed by atoms with Gasteiger partial charge in [0, 0.05) is 0 Å². The van der Waals surface area contributed by atoms with Gasteiger partial charge >= 0.3 is 5.97 Å². The van der Waals surface area contributed by atoms with Crippen molar-refractivity contribution >= 4 is 12.2 Å². The zero-order valence-electron chi connectivity index (χ0n) is 9.76. The van der Waals surface area contributed by atoms with Crippen molar-refractivity contribution in [1.82, 2.24) is 0 Å². The van der Waals surface area contributed by atoms with E-state index in [4.69, 9.17) is 15.3 Å². The molecule has 0 radical (unpaired) electrons. The van der Waals surface area contributed by atoms with Gasteiger partial charge in [0.05, 0.1) is 25.8 Å². The molecule has 0 aliphatic carbocycles. The van der Waals surface area contributed by atoms with Crippen LogP contribution in [0.5, 0.6) is 5.75 Å². The van der Waals surface area contributed by atoms with E-state index in [0.29, 0.717) is 19.0 Å². The van der Waals surface area contributed by atoms with E-state index >= 15 is 0 Å². The zero-order chi connectivity index (χ0) is 12.5. The van der Waals surface area contributed by atoms with Gasteiger partial charge in [-0.25, -0.2) is 0 Å². The SMILES string of the molecule is CCOC(=O)CCOc1cccc(C=NN)c1. The van der Waals surface area contributed by atoms with E-state index < -0.39 is 0 Å². The number of hydrogen-bond donors (Lipinski definition) is 1. The van der Waals surface area contributed by atoms with Gasteiger partial charge in [0.15, 0.2) is 0 Å². The lowest BCUT2D eigenvalue weighted by Crippen LogP contribution is -2.09. The average molecular weight is 236 g/mol. The van der Waals surface area contributed by atoms with Gasteiger partial charge in [-0.05, 0) is 24.6 Å². The Hall–Kier alpha value is -2.04. The van der Waals surface area contributed by atoms with Crippen LogP contribution in [0.3, 0.4) is 0 Å². The summed E-state index contributed by atoms with van der Waals surface area (Å²) in [4.78, 5) is 11.1. The first-order valence-electron chi connectivity index (χ1n) is 5.38. The van der Waals surface area contributed by atoms with Crippen LogP contribution in [0.25, 0.3) is 0 Å². The maximum atomic E-state index is 11.1. The summed E-state index contributed by atoms with van der Waals surface area (Å²) in [6.07, 6.45) is 1.77. The molecule has 0 aliphatic heterocycles. The second-order valence-electron chi connectivity index (χ2n) is 3.25. The predicted octanol–water partition coefficient (Wildman–Crippen LogP) is 1.31. The lowest BCUT2D eigenvalue weighted by Gasteiger charge is -2.06. The van der Waals surface area contributed by atoms with Crippen LogP contribution in [-0.2, 0) is 9.53 Å². The number of ether oxygens (including phenoxy) is 2. The molecule has 0 saturated carbocycles. The highest BCUT2D eigenvalue weighted by molar-refractivity contribution is 5.79. The van der Waals surface area contributed by atoms with Gasteiger partial charge in [0.25, 0.3) is 0 Å². The van der Waals surface area contributed by atoms with Crippen molar-refractivity contribution in [2.24, 2.45) is 10.9 Å². The quantitative estimate of drug-likeness (QED) is 0.350. The number of rotatable bonds is 6. The van der Waals surface area contributed by atoms with E-state index in [1.165, 1.54) is 6.21 Å². The number of nitrogens with two attached hydrogens (primary N) is 1. The van der Waals surface area contributed by atoms with Crippen LogP contribution in [0.4, 0.5) is 0 Å². The maximum Gasteiger partial charge on any atom is 0.309 e. The highest BCUT2D eigenvalue weighted by Crippen LogP contribution is 2.12. The molecule has 92 valence electrons. The fourth-order valence-corrected chi connectivity index (χ4v) is 1.26. The second-order valence-corrected chi connectivity index (χ2v) is 3.25. The zero-order valence-corrected chi connectivity index (χ0v) is 9.76. The van der Waals surface area contributed by atoms with Gasteiger partial charge in [-0.2, -0.15) is 5.10 Å². The van der Waals surface area contributed by atoms with Crippen molar-refractivity contribution < 1.29 is 14.3 Å². The minimum absolute atomic E-state index is 0.239. The Morgan fingerprint density at radius 2 is 2.35 bits per heavy atom. The third-order valence-corrected chi connectivity index (χ3v) is 1.96. The van der Waals surface area contributed by atoms with Crippen LogP contribution in [0, 0.1) is 0 Å². The summed E-state index contributed by atoms with van der Waals surface area (Å²) in [6.45, 7) is 2.46. The van der Waals surface area contributed by atoms with Crippen LogP contribution in [0.1, 0.15) is 18.9 Å². The Morgan fingerprint density at radius 3 is 3.06 bits per heavy atom. The molecule has 17 heavy (non-hydrogen) atoms. The van der Waals surface area contributed by atoms with Gasteiger partial charge in [-0.3, -0.25) is 4.79 Å². The summed E-state index contributed by atoms with van der Waals surface area (Å²) < 4.78 is 10.2. The predicted molar refractivity (Wildman–Crippen MR) is 65.0 cm³/mol. The van der Waals surface area contributed by atoms with Crippen molar-refractivity contribution in [1.29, 1.82) is 0 Å². The molecule has 2 N–H and O–H groups in total. The molecular weight excluding hydrogens is 220 g/mol. The highest BCUT2D eigenvalue weighted by atomic mass is 16.5. The monoisotopic (exact) mass is 236 g/mol. The Morgan fingerprint density at radius 1 is 1.53 bits per heavy atom. The summed E-state index contributed by atoms with van der Waals surface area (Å²) in [7, 11) is 0. The molecule has 1 aromatic rings. The number of carbonyl (C=O) groups is 1. The number of hydrogen-bond acceptors (Lipinski definition) is 5. The van der Waals surface area contributed by atoms with Gasteiger partial charge in [0.1, 0.15) is 5.75 Å². The van der Waals surface area contributed by atoms with Gasteiger partial charge in [-0.15, -0.1) is 0 Å². The van der Waals surface area contributed by atoms with E-state index in [1.54, 1.807) is 19.1 Å². The van der Waals surface area contributed by atoms with E-state index in [9.17, 15) is 4.79 Å². The van der Waals surface area contributed by atoms with Gasteiger partial charge < -0.3 is 15.3 Å². The topological polar surface area (TPSA) is 73.9 Å². The molecule has 1 rings (SSSR count). The van der Waals surface area contributed by atoms with E-state index in [0.717, 1.165) is 5.56 Å². The molecular formula is C12H16N2O3. The van der Waals surface area contributed by atoms with Crippen LogP contribution in [0.2, 0.25) is 0 Å². The number of benzene rings is 1. The van der Waals surface area contributed by atoms with Crippen LogP contribution in [0.15, 0.2) is 29.4 Å². The van der Waals surface area contributed by atoms with Gasteiger partial charge in [0.2, 0.25) is 0 Å². The van der Waals surface area contributed by atoms with Crippen molar-refractivity contribution in [2.75, 3.05) is 13.2 Å². The highest BCUT2D eigenvalue weighted by Gasteiger charge is 2.02. The molecule has 5 heteroatoms. The first-order chi connectivity index (χ1) is 8.26. The van der Waals surface area contributed by atoms with Crippen LogP contribution < -0.4 is 10.6 Å². The lowest BCUT2D eigenvalue weighted by atomic mass is 10.2. The molecule has 0 atom stereocenters. The Balaban J connectivity index is 2.41. The molecule has 0 aliphatic rings. The molecule has 0 spiro atoms. The van der Waals surface area contributed by atoms with Crippen molar-refractivity contribution in [3.05, 3.63) is 29.8 Å². The Kier molecular flexibility index (Phi) is 5.57. The molecule has 0 saturated heterocycles. The molecule has 0 unspecified atom stereocenters. The average Bonchev–Trinajstić information content (AvgIpc) is 2.30. The summed E-state index contributed by atoms with van der Waals surface area (Å²) in [5, 5.41) is 3.43. The van der Waals surface area contributed by atoms with E-state index in [1.807, 2.05) is 12.1 Å². The molecule has 0 aromatic heterocycles. The molecule has 0 fully saturated rings. The smallest absolute Gasteiger partial charge is 0.309 e. The standard InChI is InChI=1S/C12H16N2O3/c1-2-16-12(15)6-7-17-11-5-3-4-10(8-11)9-14-13/h3-5,8-9H,2,6-7,13H2,1H3. The largest absolute Gasteiger partial charge is 0.493 e. The summed E-state index contributed by atoms with van der Waals surface area (Å²) in [6, 6.07) is 7.28. The normalized spacial score (nSPS) is 10.4. The summed E-state index contributed by atoms with van der Waals surface area (Å²) in [5.41, 5.74) is 0.848. The third-order valence-electron chi connectivity index (χ3n) is 1.96. The molecule has 5 nitrogen and oxygen atoms in total. The molecule has 0 bridgehead atoms. The Labute approximate surface area is 100 Å². The number of hydrazone groups is 1. The maximum absolute atomic E-state index is 11.1. The first-order valence-corrected chi connectivity index (χ1v) is 5.38. The molecule has 0 heterocycles. The van der Waals surface area contributed by atoms with Crippen molar-refractivity contribution in [3.8, 4) is 5.75 Å². The molecule has 1 aromatic carbocycles. The van der Waals surface area contributed by atoms with Gasteiger partial charge in [-0.1, -0.05) is 12.1 Å². The fourth-order valence-electron chi connectivity index (χ4n) is 1.26. The second kappa shape index (κ2) is 7.27. The fraction of sp³-hybridized carbons (Fsp3) is 0.333. The first kappa shape index (κ1) is 13.0. The van der Waals surface area contributed by atoms with E-state index in [2.05, 4.69) is 5.10 Å². The number of nitrogens with zero attached hydrogens (tertiary/aromatic N) is 1. The lowest BCUT2D eigenvalue weighted by molar-refractivity contribution is -0.143. The third kappa shape index (κ3) is 5.01. The van der Waals surface area contributed by atoms with E-state index in [-0.39, 0.29) is 12.4 Å². The Bertz CT molecular complexity index is 391. The minimum Gasteiger partial charge on any atom is -0.493 e. The van der Waals surface area contributed by atoms with Crippen LogP contribution in [-0.4, -0.2) is 25.4 Å². The number of carbonyl (C=O) groups excluding carboxylic acids is 1. The van der Waals surface area contributed by atoms with Crippen LogP contribution >= 0.6 is 0 Å². The van der Waals surface area contributed by atoms with Crippen molar-refractivity contribution in [3.63, 3.8) is 0 Å². The number of esters is 1. The van der Waals surface area contributed by atoms with Crippen molar-refractivity contribution in [2.45, 2.75) is 13.3 Å². The molecule has 0 amide bonds. The summed E-state index contributed by atoms with van der Waals surface area (Å²) >= 11 is 0. The summed E-state index contributed by atoms with van der Waals surface area (Å²) in [5.74, 6) is 5.47. The minimum atomic E-state index is -0.257.